The van der Waals surface area contributed by atoms with Crippen LogP contribution in [0.3, 0.4) is 0 Å². The molecule has 2 rings (SSSR count). The minimum Gasteiger partial charge on any atom is -0.330 e. The smallest absolute Gasteiger partial charge is 0.0136 e. The highest BCUT2D eigenvalue weighted by Crippen LogP contribution is 2.33. The quantitative estimate of drug-likeness (QED) is 0.791. The summed E-state index contributed by atoms with van der Waals surface area (Å²) in [5, 5.41) is 0. The van der Waals surface area contributed by atoms with E-state index in [1.54, 1.807) is 16.0 Å². The summed E-state index contributed by atoms with van der Waals surface area (Å²) in [6.07, 6.45) is 6.19. The highest BCUT2D eigenvalue weighted by atomic mass is 32.2. The first kappa shape index (κ1) is 11.0. The Morgan fingerprint density at radius 2 is 2.20 bits per heavy atom. The minimum atomic E-state index is 0.822. The van der Waals surface area contributed by atoms with Crippen molar-refractivity contribution < 1.29 is 0 Å². The summed E-state index contributed by atoms with van der Waals surface area (Å²) in [4.78, 5) is 1.57. The van der Waals surface area contributed by atoms with E-state index in [2.05, 4.69) is 18.2 Å². The number of fused-ring (bicyclic) bond motifs is 1. The van der Waals surface area contributed by atoms with E-state index in [1.807, 2.05) is 11.8 Å². The normalized spacial score (nSPS) is 15.0. The standard InChI is InChI=1S/C13H19NS/c14-9-2-1-5-11-6-3-7-12-8-4-10-15-13(11)12/h3,6-7H,1-2,4-5,8-10,14H2. The maximum absolute atomic E-state index is 5.53. The van der Waals surface area contributed by atoms with Crippen LogP contribution in [0.1, 0.15) is 30.4 Å². The predicted octanol–water partition coefficient (Wildman–Crippen LogP) is 3.01. The first-order valence-corrected chi connectivity index (χ1v) is 6.84. The summed E-state index contributed by atoms with van der Waals surface area (Å²) in [6.45, 7) is 0.822. The maximum atomic E-state index is 5.53. The number of nitrogens with two attached hydrogens (primary N) is 1. The molecule has 0 saturated carbocycles. The molecule has 1 nitrogen and oxygen atoms in total. The average molecular weight is 221 g/mol. The molecule has 0 amide bonds. The third-order valence-corrected chi connectivity index (χ3v) is 4.22. The molecule has 2 heteroatoms. The predicted molar refractivity (Wildman–Crippen MR) is 67.5 cm³/mol. The minimum absolute atomic E-state index is 0.822. The van der Waals surface area contributed by atoms with Gasteiger partial charge in [0.15, 0.2) is 0 Å². The molecule has 0 saturated heterocycles. The van der Waals surface area contributed by atoms with Gasteiger partial charge in [-0.25, -0.2) is 0 Å². The Morgan fingerprint density at radius 1 is 1.27 bits per heavy atom. The zero-order valence-corrected chi connectivity index (χ0v) is 9.98. The third-order valence-electron chi connectivity index (χ3n) is 2.92. The molecule has 0 aliphatic carbocycles. The van der Waals surface area contributed by atoms with Crippen molar-refractivity contribution in [3.8, 4) is 0 Å². The van der Waals surface area contributed by atoms with Crippen LogP contribution in [0.15, 0.2) is 23.1 Å². The van der Waals surface area contributed by atoms with E-state index in [-0.39, 0.29) is 0 Å². The van der Waals surface area contributed by atoms with E-state index >= 15 is 0 Å². The second-order valence-corrected chi connectivity index (χ2v) is 5.21. The lowest BCUT2D eigenvalue weighted by Gasteiger charge is -2.18. The monoisotopic (exact) mass is 221 g/mol. The molecule has 0 aromatic heterocycles. The number of hydrogen-bond donors (Lipinski definition) is 1. The molecule has 1 heterocycles. The van der Waals surface area contributed by atoms with E-state index in [4.69, 9.17) is 5.73 Å². The molecule has 1 aliphatic rings. The highest BCUT2D eigenvalue weighted by Gasteiger charge is 2.12. The van der Waals surface area contributed by atoms with Crippen molar-refractivity contribution in [2.45, 2.75) is 37.0 Å². The second-order valence-electron chi connectivity index (χ2n) is 4.10. The van der Waals surface area contributed by atoms with Crippen molar-refractivity contribution in [1.29, 1.82) is 0 Å². The Balaban J connectivity index is 2.09. The molecule has 0 radical (unpaired) electrons. The maximum Gasteiger partial charge on any atom is 0.0136 e. The summed E-state index contributed by atoms with van der Waals surface area (Å²) in [5.41, 5.74) is 8.64. The molecule has 15 heavy (non-hydrogen) atoms. The van der Waals surface area contributed by atoms with Gasteiger partial charge in [0.1, 0.15) is 0 Å². The molecule has 0 unspecified atom stereocenters. The molecule has 82 valence electrons. The lowest BCUT2D eigenvalue weighted by Crippen LogP contribution is -2.03. The first-order chi connectivity index (χ1) is 7.42. The zero-order valence-electron chi connectivity index (χ0n) is 9.17. The zero-order chi connectivity index (χ0) is 10.5. The number of aryl methyl sites for hydroxylation is 2. The van der Waals surface area contributed by atoms with Crippen LogP contribution in [0.5, 0.6) is 0 Å². The Bertz CT molecular complexity index is 322. The fourth-order valence-corrected chi connectivity index (χ4v) is 3.32. The van der Waals surface area contributed by atoms with Gasteiger partial charge in [-0.3, -0.25) is 0 Å². The van der Waals surface area contributed by atoms with Gasteiger partial charge >= 0.3 is 0 Å². The highest BCUT2D eigenvalue weighted by molar-refractivity contribution is 7.99. The Kier molecular flexibility index (Phi) is 4.09. The Hall–Kier alpha value is -0.470. The fraction of sp³-hybridized carbons (Fsp3) is 0.538. The van der Waals surface area contributed by atoms with E-state index < -0.39 is 0 Å². The van der Waals surface area contributed by atoms with Gasteiger partial charge in [-0.15, -0.1) is 11.8 Å². The van der Waals surface area contributed by atoms with Crippen LogP contribution in [0.4, 0.5) is 0 Å². The van der Waals surface area contributed by atoms with Crippen LogP contribution >= 0.6 is 11.8 Å². The molecule has 0 spiro atoms. The number of unbranched alkanes of at least 4 members (excludes halogenated alkanes) is 1. The van der Waals surface area contributed by atoms with Gasteiger partial charge < -0.3 is 5.73 Å². The molecular formula is C13H19NS. The van der Waals surface area contributed by atoms with Crippen LogP contribution in [0.25, 0.3) is 0 Å². The van der Waals surface area contributed by atoms with Crippen molar-refractivity contribution in [1.82, 2.24) is 0 Å². The fourth-order valence-electron chi connectivity index (χ4n) is 2.11. The molecule has 0 bridgehead atoms. The van der Waals surface area contributed by atoms with Crippen molar-refractivity contribution in [3.63, 3.8) is 0 Å². The second kappa shape index (κ2) is 5.57. The van der Waals surface area contributed by atoms with Crippen molar-refractivity contribution in [2.75, 3.05) is 12.3 Å². The van der Waals surface area contributed by atoms with Gasteiger partial charge in [0.05, 0.1) is 0 Å². The average Bonchev–Trinajstić information content (AvgIpc) is 2.30. The molecule has 1 aromatic carbocycles. The van der Waals surface area contributed by atoms with Crippen LogP contribution in [0, 0.1) is 0 Å². The number of thioether (sulfide) groups is 1. The van der Waals surface area contributed by atoms with Gasteiger partial charge in [0.25, 0.3) is 0 Å². The first-order valence-electron chi connectivity index (χ1n) is 5.85. The van der Waals surface area contributed by atoms with Crippen LogP contribution < -0.4 is 5.73 Å². The molecule has 2 N–H and O–H groups in total. The molecule has 1 aromatic rings. The third kappa shape index (κ3) is 2.76. The number of benzene rings is 1. The summed E-state index contributed by atoms with van der Waals surface area (Å²) < 4.78 is 0. The van der Waals surface area contributed by atoms with Gasteiger partial charge in [0.2, 0.25) is 0 Å². The summed E-state index contributed by atoms with van der Waals surface area (Å²) >= 11 is 2.04. The van der Waals surface area contributed by atoms with E-state index in [0.29, 0.717) is 0 Å². The summed E-state index contributed by atoms with van der Waals surface area (Å²) in [6, 6.07) is 6.78. The van der Waals surface area contributed by atoms with Gasteiger partial charge in [-0.05, 0) is 55.5 Å². The van der Waals surface area contributed by atoms with Crippen molar-refractivity contribution >= 4 is 11.8 Å². The van der Waals surface area contributed by atoms with E-state index in [9.17, 15) is 0 Å². The Morgan fingerprint density at radius 3 is 3.07 bits per heavy atom. The topological polar surface area (TPSA) is 26.0 Å². The van der Waals surface area contributed by atoms with Crippen LogP contribution in [0.2, 0.25) is 0 Å². The summed E-state index contributed by atoms with van der Waals surface area (Å²) in [7, 11) is 0. The summed E-state index contributed by atoms with van der Waals surface area (Å²) in [5.74, 6) is 1.29. The molecule has 0 fully saturated rings. The number of hydrogen-bond acceptors (Lipinski definition) is 2. The van der Waals surface area contributed by atoms with Crippen LogP contribution in [-0.4, -0.2) is 12.3 Å². The van der Waals surface area contributed by atoms with Crippen molar-refractivity contribution in [3.05, 3.63) is 29.3 Å². The lowest BCUT2D eigenvalue weighted by molar-refractivity contribution is 0.733. The molecular weight excluding hydrogens is 202 g/mol. The molecule has 0 atom stereocenters. The van der Waals surface area contributed by atoms with E-state index in [0.717, 1.165) is 13.0 Å². The largest absolute Gasteiger partial charge is 0.330 e. The van der Waals surface area contributed by atoms with Gasteiger partial charge in [0, 0.05) is 4.90 Å². The van der Waals surface area contributed by atoms with Gasteiger partial charge in [-0.1, -0.05) is 18.2 Å². The Labute approximate surface area is 96.4 Å². The molecule has 1 aliphatic heterocycles. The van der Waals surface area contributed by atoms with E-state index in [1.165, 1.54) is 31.4 Å². The number of rotatable bonds is 4. The SMILES string of the molecule is NCCCCc1cccc2c1SCCC2. The van der Waals surface area contributed by atoms with Gasteiger partial charge in [-0.2, -0.15) is 0 Å². The van der Waals surface area contributed by atoms with Crippen molar-refractivity contribution in [2.24, 2.45) is 5.73 Å². The van der Waals surface area contributed by atoms with Crippen LogP contribution in [-0.2, 0) is 12.8 Å². The lowest BCUT2D eigenvalue weighted by atomic mass is 10.0.